The van der Waals surface area contributed by atoms with Crippen LogP contribution in [0.3, 0.4) is 0 Å². The second-order valence-corrected chi connectivity index (χ2v) is 8.47. The average Bonchev–Trinajstić information content (AvgIpc) is 3.48. The van der Waals surface area contributed by atoms with Gasteiger partial charge in [0.05, 0.1) is 23.1 Å². The molecule has 0 spiro atoms. The number of nitrogens with one attached hydrogen (secondary N) is 1. The summed E-state index contributed by atoms with van der Waals surface area (Å²) in [5, 5.41) is 3.47. The number of carbonyl (C=O) groups excluding carboxylic acids is 1. The van der Waals surface area contributed by atoms with Crippen LogP contribution in [0.4, 0.5) is 11.5 Å². The van der Waals surface area contributed by atoms with E-state index in [2.05, 4.69) is 44.0 Å². The Morgan fingerprint density at radius 3 is 2.56 bits per heavy atom. The normalized spacial score (nSPS) is 13.8. The third-order valence-corrected chi connectivity index (χ3v) is 5.93. The van der Waals surface area contributed by atoms with E-state index in [0.29, 0.717) is 40.1 Å². The minimum Gasteiger partial charge on any atom is -0.383 e. The standard InChI is InChI=1S/C25H23N7O2/c1-25(9-10-25)32-19(8-5-17-11-27-14-28-12-17)20(21-22(26)29-15-30-23(21)32)24(33)31-18-6-3-16(4-7-18)13-34-2/h3-4,6-7,11-12,14-15H,9-10,13H2,1-2H3,(H,31,33)(H2,26,29,30). The second-order valence-electron chi connectivity index (χ2n) is 8.47. The van der Waals surface area contributed by atoms with Crippen LogP contribution < -0.4 is 11.1 Å². The summed E-state index contributed by atoms with van der Waals surface area (Å²) in [6, 6.07) is 7.47. The number of methoxy groups -OCH3 is 1. The van der Waals surface area contributed by atoms with Gasteiger partial charge < -0.3 is 20.4 Å². The minimum atomic E-state index is -0.331. The Balaban J connectivity index is 1.65. The summed E-state index contributed by atoms with van der Waals surface area (Å²) in [5.74, 6) is 6.17. The SMILES string of the molecule is COCc1ccc(NC(=O)c2c(C#Cc3cncnc3)n(C3(C)CC3)c3ncnc(N)c23)cc1. The molecule has 1 aliphatic rings. The van der Waals surface area contributed by atoms with Crippen molar-refractivity contribution < 1.29 is 9.53 Å². The zero-order chi connectivity index (χ0) is 23.7. The van der Waals surface area contributed by atoms with Crippen LogP contribution in [0.15, 0.2) is 49.3 Å². The summed E-state index contributed by atoms with van der Waals surface area (Å²) in [6.07, 6.45) is 8.01. The molecule has 1 amide bonds. The maximum atomic E-state index is 13.6. The number of carbonyl (C=O) groups is 1. The number of benzene rings is 1. The van der Waals surface area contributed by atoms with E-state index in [1.807, 2.05) is 28.8 Å². The Morgan fingerprint density at radius 1 is 1.15 bits per heavy atom. The van der Waals surface area contributed by atoms with Crippen molar-refractivity contribution in [2.75, 3.05) is 18.2 Å². The number of ether oxygens (including phenoxy) is 1. The van der Waals surface area contributed by atoms with Crippen LogP contribution in [0.25, 0.3) is 11.0 Å². The Morgan fingerprint density at radius 2 is 1.88 bits per heavy atom. The number of amides is 1. The van der Waals surface area contributed by atoms with E-state index in [-0.39, 0.29) is 17.3 Å². The van der Waals surface area contributed by atoms with Gasteiger partial charge in [-0.1, -0.05) is 18.1 Å². The highest BCUT2D eigenvalue weighted by Crippen LogP contribution is 2.47. The van der Waals surface area contributed by atoms with Crippen LogP contribution in [0.5, 0.6) is 0 Å². The first-order chi connectivity index (χ1) is 16.5. The number of hydrogen-bond acceptors (Lipinski definition) is 7. The zero-order valence-electron chi connectivity index (χ0n) is 18.9. The van der Waals surface area contributed by atoms with Crippen LogP contribution in [0.2, 0.25) is 0 Å². The highest BCUT2D eigenvalue weighted by molar-refractivity contribution is 6.16. The largest absolute Gasteiger partial charge is 0.383 e. The molecule has 9 heteroatoms. The van der Waals surface area contributed by atoms with Gasteiger partial charge in [0, 0.05) is 30.7 Å². The molecule has 1 saturated carbocycles. The van der Waals surface area contributed by atoms with Gasteiger partial charge in [0.25, 0.3) is 5.91 Å². The van der Waals surface area contributed by atoms with Crippen LogP contribution in [0, 0.1) is 11.8 Å². The van der Waals surface area contributed by atoms with Crippen molar-refractivity contribution in [1.29, 1.82) is 0 Å². The molecule has 5 rings (SSSR count). The lowest BCUT2D eigenvalue weighted by Gasteiger charge is -2.14. The fourth-order valence-electron chi connectivity index (χ4n) is 3.94. The number of nitrogens with two attached hydrogens (primary N) is 1. The molecule has 0 aliphatic heterocycles. The molecule has 3 aromatic heterocycles. The van der Waals surface area contributed by atoms with Crippen molar-refractivity contribution in [3.63, 3.8) is 0 Å². The monoisotopic (exact) mass is 453 g/mol. The van der Waals surface area contributed by atoms with Crippen molar-refractivity contribution in [2.45, 2.75) is 31.9 Å². The van der Waals surface area contributed by atoms with E-state index in [1.54, 1.807) is 19.5 Å². The maximum absolute atomic E-state index is 13.6. The van der Waals surface area contributed by atoms with Crippen LogP contribution in [-0.4, -0.2) is 37.5 Å². The lowest BCUT2D eigenvalue weighted by Crippen LogP contribution is -2.18. The van der Waals surface area contributed by atoms with Gasteiger partial charge in [0.15, 0.2) is 0 Å². The number of hydrogen-bond donors (Lipinski definition) is 2. The van der Waals surface area contributed by atoms with Gasteiger partial charge in [-0.25, -0.2) is 19.9 Å². The third kappa shape index (κ3) is 3.95. The smallest absolute Gasteiger partial charge is 0.259 e. The number of rotatable bonds is 5. The van der Waals surface area contributed by atoms with Crippen molar-refractivity contribution in [3.8, 4) is 11.8 Å². The first kappa shape index (κ1) is 21.6. The first-order valence-corrected chi connectivity index (χ1v) is 10.8. The van der Waals surface area contributed by atoms with E-state index in [9.17, 15) is 4.79 Å². The number of aromatic nitrogens is 5. The molecule has 0 atom stereocenters. The molecular formula is C25H23N7O2. The predicted octanol–water partition coefficient (Wildman–Crippen LogP) is 3.11. The van der Waals surface area contributed by atoms with E-state index in [4.69, 9.17) is 10.5 Å². The minimum absolute atomic E-state index is 0.198. The molecule has 4 aromatic rings. The average molecular weight is 454 g/mol. The van der Waals surface area contributed by atoms with Crippen molar-refractivity contribution in [1.82, 2.24) is 24.5 Å². The summed E-state index contributed by atoms with van der Waals surface area (Å²) in [4.78, 5) is 30.3. The lowest BCUT2D eigenvalue weighted by molar-refractivity contribution is 0.102. The summed E-state index contributed by atoms with van der Waals surface area (Å²) >= 11 is 0. The molecule has 3 N–H and O–H groups in total. The Labute approximate surface area is 196 Å². The second kappa shape index (κ2) is 8.57. The number of fused-ring (bicyclic) bond motifs is 1. The highest BCUT2D eigenvalue weighted by atomic mass is 16.5. The first-order valence-electron chi connectivity index (χ1n) is 10.8. The molecule has 1 aromatic carbocycles. The topological polar surface area (TPSA) is 121 Å². The molecular weight excluding hydrogens is 430 g/mol. The van der Waals surface area contributed by atoms with Gasteiger partial charge in [-0.15, -0.1) is 0 Å². The van der Waals surface area contributed by atoms with Gasteiger partial charge in [0.2, 0.25) is 0 Å². The molecule has 0 unspecified atom stereocenters. The molecule has 170 valence electrons. The van der Waals surface area contributed by atoms with E-state index in [0.717, 1.165) is 18.4 Å². The van der Waals surface area contributed by atoms with E-state index in [1.165, 1.54) is 12.7 Å². The van der Waals surface area contributed by atoms with Crippen molar-refractivity contribution in [2.24, 2.45) is 0 Å². The van der Waals surface area contributed by atoms with E-state index >= 15 is 0 Å². The molecule has 34 heavy (non-hydrogen) atoms. The quantitative estimate of drug-likeness (QED) is 0.445. The molecule has 0 saturated heterocycles. The molecule has 1 fully saturated rings. The van der Waals surface area contributed by atoms with Gasteiger partial charge in [-0.05, 0) is 43.4 Å². The van der Waals surface area contributed by atoms with Gasteiger partial charge >= 0.3 is 0 Å². The van der Waals surface area contributed by atoms with Crippen LogP contribution >= 0.6 is 0 Å². The maximum Gasteiger partial charge on any atom is 0.259 e. The molecule has 3 heterocycles. The lowest BCUT2D eigenvalue weighted by atomic mass is 10.1. The fraction of sp³-hybridized carbons (Fsp3) is 0.240. The van der Waals surface area contributed by atoms with E-state index < -0.39 is 0 Å². The van der Waals surface area contributed by atoms with Crippen molar-refractivity contribution >= 4 is 28.4 Å². The van der Waals surface area contributed by atoms with Gasteiger partial charge in [-0.2, -0.15) is 0 Å². The number of nitrogens with zero attached hydrogens (tertiary/aromatic N) is 5. The highest BCUT2D eigenvalue weighted by Gasteiger charge is 2.43. The molecule has 1 aliphatic carbocycles. The zero-order valence-corrected chi connectivity index (χ0v) is 18.9. The fourth-order valence-corrected chi connectivity index (χ4v) is 3.94. The number of anilines is 2. The Bertz CT molecular complexity index is 1430. The van der Waals surface area contributed by atoms with Gasteiger partial charge in [0.1, 0.15) is 29.8 Å². The Hall–Kier alpha value is -4.29. The summed E-state index contributed by atoms with van der Waals surface area (Å²) in [5.41, 5.74) is 9.86. The van der Waals surface area contributed by atoms with Gasteiger partial charge in [-0.3, -0.25) is 4.79 Å². The molecule has 0 radical (unpaired) electrons. The van der Waals surface area contributed by atoms with Crippen molar-refractivity contribution in [3.05, 3.63) is 71.7 Å². The predicted molar refractivity (Wildman–Crippen MR) is 128 cm³/mol. The summed E-state index contributed by atoms with van der Waals surface area (Å²) in [6.45, 7) is 2.62. The molecule has 0 bridgehead atoms. The number of nitrogen functional groups attached to an aromatic ring is 1. The van der Waals surface area contributed by atoms with Crippen LogP contribution in [0.1, 0.15) is 46.9 Å². The summed E-state index contributed by atoms with van der Waals surface area (Å²) < 4.78 is 7.18. The Kier molecular flexibility index (Phi) is 5.43. The third-order valence-electron chi connectivity index (χ3n) is 5.93. The summed E-state index contributed by atoms with van der Waals surface area (Å²) in [7, 11) is 1.64. The molecule has 9 nitrogen and oxygen atoms in total. The van der Waals surface area contributed by atoms with Crippen LogP contribution in [-0.2, 0) is 16.9 Å².